The third-order valence-corrected chi connectivity index (χ3v) is 8.02. The second-order valence-corrected chi connectivity index (χ2v) is 12.4. The number of hydrogen-bond acceptors (Lipinski definition) is 3. The summed E-state index contributed by atoms with van der Waals surface area (Å²) in [4.78, 5) is 12.2. The molecule has 0 radical (unpaired) electrons. The van der Waals surface area contributed by atoms with Gasteiger partial charge in [0.05, 0.1) is 40.9 Å². The SMILES string of the molecule is CCCCCCCCCCCCCCCCCCCCCC[N+](CCO)(CCO)C(C(=O)O)[N+](C)(C)C. The van der Waals surface area contributed by atoms with Crippen molar-refractivity contribution in [1.29, 1.82) is 0 Å². The smallest absolute Gasteiger partial charge is 0.423 e. The number of nitrogens with zero attached hydrogens (tertiary/aromatic N) is 2. The first kappa shape index (κ1) is 36.3. The van der Waals surface area contributed by atoms with Crippen molar-refractivity contribution in [2.75, 3.05) is 54.0 Å². The second kappa shape index (κ2) is 23.2. The highest BCUT2D eigenvalue weighted by Crippen LogP contribution is 2.23. The molecule has 0 aliphatic heterocycles. The van der Waals surface area contributed by atoms with Crippen LogP contribution in [0, 0.1) is 0 Å². The highest BCUT2D eigenvalue weighted by atomic mass is 16.4. The molecule has 222 valence electrons. The number of hydrogen-bond donors (Lipinski definition) is 3. The molecule has 0 aliphatic rings. The van der Waals surface area contributed by atoms with E-state index in [1.165, 1.54) is 116 Å². The van der Waals surface area contributed by atoms with Crippen LogP contribution >= 0.6 is 0 Å². The predicted molar refractivity (Wildman–Crippen MR) is 157 cm³/mol. The predicted octanol–water partition coefficient (Wildman–Crippen LogP) is 6.73. The normalized spacial score (nSPS) is 13.2. The number of rotatable bonds is 28. The van der Waals surface area contributed by atoms with Crippen LogP contribution in [-0.4, -0.2) is 90.4 Å². The van der Waals surface area contributed by atoms with Gasteiger partial charge >= 0.3 is 12.1 Å². The van der Waals surface area contributed by atoms with Gasteiger partial charge < -0.3 is 15.3 Å². The molecule has 0 aromatic rings. The molecule has 0 saturated carbocycles. The van der Waals surface area contributed by atoms with Crippen molar-refractivity contribution in [3.05, 3.63) is 0 Å². The molecular weight excluding hydrogens is 464 g/mol. The van der Waals surface area contributed by atoms with E-state index >= 15 is 0 Å². The number of carboxylic acid groups (broad SMARTS) is 1. The van der Waals surface area contributed by atoms with Crippen molar-refractivity contribution in [2.24, 2.45) is 0 Å². The van der Waals surface area contributed by atoms with Gasteiger partial charge in [0, 0.05) is 0 Å². The van der Waals surface area contributed by atoms with Crippen LogP contribution in [0.5, 0.6) is 0 Å². The Morgan fingerprint density at radius 3 is 1.08 bits per heavy atom. The minimum absolute atomic E-state index is 0.0665. The highest BCUT2D eigenvalue weighted by Gasteiger charge is 2.49. The molecule has 1 unspecified atom stereocenters. The van der Waals surface area contributed by atoms with E-state index < -0.39 is 12.1 Å². The molecule has 0 amide bonds. The maximum atomic E-state index is 12.2. The molecule has 3 N–H and O–H groups in total. The van der Waals surface area contributed by atoms with E-state index in [2.05, 4.69) is 6.92 Å². The Morgan fingerprint density at radius 1 is 0.541 bits per heavy atom. The summed E-state index contributed by atoms with van der Waals surface area (Å²) in [7, 11) is 5.66. The van der Waals surface area contributed by atoms with Gasteiger partial charge in [-0.1, -0.05) is 122 Å². The van der Waals surface area contributed by atoms with E-state index in [9.17, 15) is 20.1 Å². The fourth-order valence-corrected chi connectivity index (χ4v) is 6.08. The van der Waals surface area contributed by atoms with E-state index in [1.54, 1.807) is 0 Å². The van der Waals surface area contributed by atoms with Crippen LogP contribution in [0.2, 0.25) is 0 Å². The summed E-state index contributed by atoms with van der Waals surface area (Å²) in [5.74, 6) is -0.859. The highest BCUT2D eigenvalue weighted by molar-refractivity contribution is 5.70. The summed E-state index contributed by atoms with van der Waals surface area (Å²) in [6.07, 6.45) is 26.1. The minimum atomic E-state index is -0.859. The average molecular weight is 531 g/mol. The Hall–Kier alpha value is -0.690. The Morgan fingerprint density at radius 2 is 0.838 bits per heavy atom. The van der Waals surface area contributed by atoms with Gasteiger partial charge in [-0.3, -0.25) is 8.97 Å². The van der Waals surface area contributed by atoms with Gasteiger partial charge in [0.2, 0.25) is 0 Å². The van der Waals surface area contributed by atoms with Crippen LogP contribution in [0.3, 0.4) is 0 Å². The van der Waals surface area contributed by atoms with Crippen LogP contribution in [-0.2, 0) is 4.79 Å². The van der Waals surface area contributed by atoms with Crippen LogP contribution in [0.4, 0.5) is 0 Å². The molecule has 0 aromatic heterocycles. The number of aliphatic hydroxyl groups is 2. The number of aliphatic carboxylic acids is 1. The quantitative estimate of drug-likeness (QED) is 0.0595. The van der Waals surface area contributed by atoms with Crippen molar-refractivity contribution in [2.45, 2.75) is 142 Å². The fraction of sp³-hybridized carbons (Fsp3) is 0.968. The Bertz CT molecular complexity index is 516. The second-order valence-electron chi connectivity index (χ2n) is 12.4. The average Bonchev–Trinajstić information content (AvgIpc) is 2.82. The number of aliphatic hydroxyl groups excluding tert-OH is 2. The molecule has 0 aliphatic carbocycles. The fourth-order valence-electron chi connectivity index (χ4n) is 6.08. The summed E-state index contributed by atoms with van der Waals surface area (Å²) in [6.45, 7) is 3.57. The molecule has 6 nitrogen and oxygen atoms in total. The van der Waals surface area contributed by atoms with Crippen molar-refractivity contribution in [3.63, 3.8) is 0 Å². The van der Waals surface area contributed by atoms with E-state index in [0.717, 1.165) is 12.8 Å². The van der Waals surface area contributed by atoms with Crippen molar-refractivity contribution in [1.82, 2.24) is 0 Å². The summed E-state index contributed by atoms with van der Waals surface area (Å²) in [5, 5.41) is 29.4. The first-order valence-electron chi connectivity index (χ1n) is 15.9. The third kappa shape index (κ3) is 18.3. The number of carbonyl (C=O) groups is 1. The molecular formula is C31H66N2O4+2. The summed E-state index contributed by atoms with van der Waals surface area (Å²) < 4.78 is 0.513. The molecule has 0 saturated heterocycles. The van der Waals surface area contributed by atoms with Crippen LogP contribution in [0.1, 0.15) is 135 Å². The third-order valence-electron chi connectivity index (χ3n) is 8.02. The Balaban J connectivity index is 3.87. The molecule has 0 fully saturated rings. The maximum absolute atomic E-state index is 12.2. The molecule has 37 heavy (non-hydrogen) atoms. The van der Waals surface area contributed by atoms with Crippen LogP contribution in [0.15, 0.2) is 0 Å². The molecule has 0 heterocycles. The standard InChI is InChI=1S/C31H65N2O4/c1-5-6-7-8-9-10-11-12-13-14-15-16-17-18-19-20-21-22-23-24-25-33(26-28-34,27-29-35)30(31(36)37)32(2,3)4/h30,34-35H,5-29H2,1-4H3/q+1/p+1. The zero-order valence-electron chi connectivity index (χ0n) is 25.4. The van der Waals surface area contributed by atoms with Crippen LogP contribution < -0.4 is 0 Å². The lowest BCUT2D eigenvalue weighted by molar-refractivity contribution is -1.10. The lowest BCUT2D eigenvalue weighted by Crippen LogP contribution is -2.71. The Kier molecular flexibility index (Phi) is 22.8. The molecule has 0 bridgehead atoms. The van der Waals surface area contributed by atoms with Gasteiger partial charge in [-0.15, -0.1) is 0 Å². The van der Waals surface area contributed by atoms with E-state index in [0.29, 0.717) is 19.6 Å². The first-order valence-corrected chi connectivity index (χ1v) is 15.9. The summed E-state index contributed by atoms with van der Waals surface area (Å²) >= 11 is 0. The van der Waals surface area contributed by atoms with Crippen molar-refractivity contribution in [3.8, 4) is 0 Å². The number of likely N-dealkylation sites (N-methyl/N-ethyl adjacent to an activating group) is 1. The number of carboxylic acids is 1. The summed E-state index contributed by atoms with van der Waals surface area (Å²) in [5.41, 5.74) is 0. The van der Waals surface area contributed by atoms with Gasteiger partial charge in [0.15, 0.2) is 0 Å². The largest absolute Gasteiger partial charge is 0.472 e. The van der Waals surface area contributed by atoms with Gasteiger partial charge in [-0.25, -0.2) is 4.79 Å². The number of unbranched alkanes of at least 4 members (excludes halogenated alkanes) is 19. The van der Waals surface area contributed by atoms with E-state index in [1.807, 2.05) is 21.1 Å². The monoisotopic (exact) mass is 531 g/mol. The molecule has 1 atom stereocenters. The van der Waals surface area contributed by atoms with Gasteiger partial charge in [0.25, 0.3) is 0 Å². The lowest BCUT2D eigenvalue weighted by atomic mass is 10.0. The van der Waals surface area contributed by atoms with Crippen molar-refractivity contribution >= 4 is 5.97 Å². The zero-order chi connectivity index (χ0) is 27.8. The van der Waals surface area contributed by atoms with E-state index in [-0.39, 0.29) is 22.2 Å². The zero-order valence-corrected chi connectivity index (χ0v) is 25.4. The lowest BCUT2D eigenvalue weighted by Gasteiger charge is -2.46. The molecule has 6 heteroatoms. The van der Waals surface area contributed by atoms with Crippen molar-refractivity contribution < 1.29 is 29.1 Å². The van der Waals surface area contributed by atoms with Gasteiger partial charge in [-0.05, 0) is 12.8 Å². The molecule has 0 spiro atoms. The van der Waals surface area contributed by atoms with Gasteiger partial charge in [0.1, 0.15) is 13.1 Å². The minimum Gasteiger partial charge on any atom is -0.472 e. The van der Waals surface area contributed by atoms with Crippen LogP contribution in [0.25, 0.3) is 0 Å². The topological polar surface area (TPSA) is 77.8 Å². The number of quaternary nitrogens is 2. The van der Waals surface area contributed by atoms with Gasteiger partial charge in [-0.2, -0.15) is 0 Å². The summed E-state index contributed by atoms with van der Waals surface area (Å²) in [6, 6.07) is 0. The molecule has 0 aromatic carbocycles. The first-order chi connectivity index (χ1) is 17.7. The van der Waals surface area contributed by atoms with E-state index in [4.69, 9.17) is 0 Å². The Labute approximate surface area is 230 Å². The molecule has 0 rings (SSSR count). The maximum Gasteiger partial charge on any atom is 0.423 e.